The number of carbonyl (C=O) groups excluding carboxylic acids is 2. The Balaban J connectivity index is 1.57. The molecule has 3 aromatic rings. The topological polar surface area (TPSA) is 131 Å². The van der Waals surface area contributed by atoms with Crippen molar-refractivity contribution in [2.75, 3.05) is 0 Å². The molecular formula is C20H17N5O5. The molecule has 3 amide bonds. The Morgan fingerprint density at radius 1 is 1.20 bits per heavy atom. The molecule has 1 unspecified atom stereocenters. The summed E-state index contributed by atoms with van der Waals surface area (Å²) in [6, 6.07) is 12.5. The monoisotopic (exact) mass is 407 g/mol. The molecule has 1 atom stereocenters. The highest BCUT2D eigenvalue weighted by Gasteiger charge is 2.49. The number of imide groups is 1. The number of non-ortho nitro benzene ring substituents is 1. The second-order valence-corrected chi connectivity index (χ2v) is 7.13. The van der Waals surface area contributed by atoms with E-state index in [1.165, 1.54) is 25.1 Å². The minimum Gasteiger partial charge on any atom is -0.337 e. The van der Waals surface area contributed by atoms with Crippen LogP contribution in [0.5, 0.6) is 0 Å². The molecular weight excluding hydrogens is 390 g/mol. The number of aryl methyl sites for hydroxylation is 1. The van der Waals surface area contributed by atoms with Crippen LogP contribution in [0.15, 0.2) is 53.1 Å². The van der Waals surface area contributed by atoms with E-state index in [0.717, 1.165) is 16.0 Å². The number of amides is 3. The molecule has 152 valence electrons. The molecule has 0 aliphatic carbocycles. The van der Waals surface area contributed by atoms with Gasteiger partial charge in [0.15, 0.2) is 0 Å². The first-order valence-corrected chi connectivity index (χ1v) is 9.06. The lowest BCUT2D eigenvalue weighted by Crippen LogP contribution is -2.40. The summed E-state index contributed by atoms with van der Waals surface area (Å²) in [7, 11) is 0. The minimum absolute atomic E-state index is 0.0948. The van der Waals surface area contributed by atoms with Gasteiger partial charge in [-0.15, -0.1) is 0 Å². The smallest absolute Gasteiger partial charge is 0.325 e. The maximum atomic E-state index is 13.0. The van der Waals surface area contributed by atoms with Crippen LogP contribution in [0.2, 0.25) is 0 Å². The van der Waals surface area contributed by atoms with Gasteiger partial charge in [-0.05, 0) is 19.4 Å². The number of benzene rings is 2. The second-order valence-electron chi connectivity index (χ2n) is 7.13. The van der Waals surface area contributed by atoms with E-state index in [1.807, 2.05) is 31.2 Å². The molecule has 10 heteroatoms. The van der Waals surface area contributed by atoms with Gasteiger partial charge in [0, 0.05) is 17.7 Å². The summed E-state index contributed by atoms with van der Waals surface area (Å²) in [6.45, 7) is 3.24. The lowest BCUT2D eigenvalue weighted by atomic mass is 9.91. The molecule has 2 heterocycles. The van der Waals surface area contributed by atoms with Crippen LogP contribution < -0.4 is 5.32 Å². The SMILES string of the molecule is Cc1ccc(-c2noc(CN3C(=O)NC(C)(c4cccc([N+](=O)[O-])c4)C3=O)n2)cc1. The Hall–Kier alpha value is -4.08. The quantitative estimate of drug-likeness (QED) is 0.391. The maximum Gasteiger partial charge on any atom is 0.325 e. The van der Waals surface area contributed by atoms with Gasteiger partial charge in [-0.2, -0.15) is 4.98 Å². The maximum absolute atomic E-state index is 13.0. The number of urea groups is 1. The van der Waals surface area contributed by atoms with Gasteiger partial charge in [-0.3, -0.25) is 19.8 Å². The van der Waals surface area contributed by atoms with Crippen LogP contribution in [0.4, 0.5) is 10.5 Å². The van der Waals surface area contributed by atoms with Crippen molar-refractivity contribution in [2.45, 2.75) is 25.9 Å². The third-order valence-corrected chi connectivity index (χ3v) is 4.98. The van der Waals surface area contributed by atoms with Gasteiger partial charge in [0.25, 0.3) is 11.6 Å². The largest absolute Gasteiger partial charge is 0.337 e. The third-order valence-electron chi connectivity index (χ3n) is 4.98. The fraction of sp³-hybridized carbons (Fsp3) is 0.200. The van der Waals surface area contributed by atoms with Crippen LogP contribution >= 0.6 is 0 Å². The summed E-state index contributed by atoms with van der Waals surface area (Å²) in [5.74, 6) is -0.126. The van der Waals surface area contributed by atoms with Crippen molar-refractivity contribution in [2.24, 2.45) is 0 Å². The second kappa shape index (κ2) is 7.07. The summed E-state index contributed by atoms with van der Waals surface area (Å²) < 4.78 is 5.21. The molecule has 1 saturated heterocycles. The Morgan fingerprint density at radius 3 is 2.63 bits per heavy atom. The van der Waals surface area contributed by atoms with Crippen LogP contribution in [-0.4, -0.2) is 31.9 Å². The van der Waals surface area contributed by atoms with Gasteiger partial charge in [0.05, 0.1) is 4.92 Å². The molecule has 10 nitrogen and oxygen atoms in total. The zero-order valence-corrected chi connectivity index (χ0v) is 16.2. The van der Waals surface area contributed by atoms with Crippen LogP contribution in [-0.2, 0) is 16.9 Å². The van der Waals surface area contributed by atoms with Gasteiger partial charge in [-0.25, -0.2) is 4.79 Å². The predicted molar refractivity (Wildman–Crippen MR) is 104 cm³/mol. The zero-order valence-electron chi connectivity index (χ0n) is 16.2. The number of carbonyl (C=O) groups is 2. The fourth-order valence-corrected chi connectivity index (χ4v) is 3.24. The number of hydrogen-bond acceptors (Lipinski definition) is 7. The average molecular weight is 407 g/mol. The van der Waals surface area contributed by atoms with E-state index in [2.05, 4.69) is 15.5 Å². The Kier molecular flexibility index (Phi) is 4.53. The van der Waals surface area contributed by atoms with E-state index >= 15 is 0 Å². The molecule has 1 aliphatic rings. The summed E-state index contributed by atoms with van der Waals surface area (Å²) in [4.78, 5) is 41.2. The Labute approximate surface area is 170 Å². The van der Waals surface area contributed by atoms with Crippen molar-refractivity contribution in [3.8, 4) is 11.4 Å². The molecule has 4 rings (SSSR count). The van der Waals surface area contributed by atoms with Crippen LogP contribution in [0.3, 0.4) is 0 Å². The van der Waals surface area contributed by atoms with Crippen molar-refractivity contribution < 1.29 is 19.0 Å². The van der Waals surface area contributed by atoms with Crippen LogP contribution in [0, 0.1) is 17.0 Å². The van der Waals surface area contributed by atoms with Gasteiger partial charge >= 0.3 is 6.03 Å². The summed E-state index contributed by atoms with van der Waals surface area (Å²) in [6.07, 6.45) is 0. The first-order chi connectivity index (χ1) is 14.3. The van der Waals surface area contributed by atoms with E-state index in [-0.39, 0.29) is 18.1 Å². The van der Waals surface area contributed by atoms with Gasteiger partial charge < -0.3 is 9.84 Å². The van der Waals surface area contributed by atoms with Crippen molar-refractivity contribution >= 4 is 17.6 Å². The zero-order chi connectivity index (χ0) is 21.5. The fourth-order valence-electron chi connectivity index (χ4n) is 3.24. The first-order valence-electron chi connectivity index (χ1n) is 9.06. The number of nitrogens with one attached hydrogen (secondary N) is 1. The Morgan fingerprint density at radius 2 is 1.93 bits per heavy atom. The molecule has 1 fully saturated rings. The van der Waals surface area contributed by atoms with Gasteiger partial charge in [0.2, 0.25) is 11.7 Å². The lowest BCUT2D eigenvalue weighted by Gasteiger charge is -2.21. The van der Waals surface area contributed by atoms with Crippen molar-refractivity contribution in [3.05, 3.63) is 75.7 Å². The van der Waals surface area contributed by atoms with Crippen LogP contribution in [0.25, 0.3) is 11.4 Å². The molecule has 1 aromatic heterocycles. The van der Waals surface area contributed by atoms with Crippen LogP contribution in [0.1, 0.15) is 23.9 Å². The highest BCUT2D eigenvalue weighted by atomic mass is 16.6. The van der Waals surface area contributed by atoms with Crippen molar-refractivity contribution in [1.29, 1.82) is 0 Å². The number of nitrogens with zero attached hydrogens (tertiary/aromatic N) is 4. The predicted octanol–water partition coefficient (Wildman–Crippen LogP) is 2.92. The molecule has 30 heavy (non-hydrogen) atoms. The lowest BCUT2D eigenvalue weighted by molar-refractivity contribution is -0.385. The number of nitro groups is 1. The summed E-state index contributed by atoms with van der Waals surface area (Å²) in [5, 5.41) is 17.6. The van der Waals surface area contributed by atoms with E-state index in [0.29, 0.717) is 11.4 Å². The third kappa shape index (κ3) is 3.28. The first kappa shape index (κ1) is 19.2. The molecule has 2 aromatic carbocycles. The number of rotatable bonds is 5. The standard InChI is InChI=1S/C20H17N5O5/c1-12-6-8-13(9-7-12)17-21-16(30-23-17)11-24-18(26)20(2,22-19(24)27)14-4-3-5-15(10-14)25(28)29/h3-10H,11H2,1-2H3,(H,22,27). The number of nitro benzene ring substituents is 1. The average Bonchev–Trinajstić information content (AvgIpc) is 3.28. The Bertz CT molecular complexity index is 1160. The van der Waals surface area contributed by atoms with E-state index in [1.54, 1.807) is 6.07 Å². The summed E-state index contributed by atoms with van der Waals surface area (Å²) >= 11 is 0. The number of aromatic nitrogens is 2. The number of hydrogen-bond donors (Lipinski definition) is 1. The molecule has 0 saturated carbocycles. The molecule has 1 aliphatic heterocycles. The molecule has 1 N–H and O–H groups in total. The highest BCUT2D eigenvalue weighted by Crippen LogP contribution is 2.31. The molecule has 0 bridgehead atoms. The van der Waals surface area contributed by atoms with E-state index in [4.69, 9.17) is 4.52 Å². The van der Waals surface area contributed by atoms with E-state index < -0.39 is 22.4 Å². The van der Waals surface area contributed by atoms with Crippen molar-refractivity contribution in [3.63, 3.8) is 0 Å². The molecule has 0 spiro atoms. The summed E-state index contributed by atoms with van der Waals surface area (Å²) in [5.41, 5.74) is 0.525. The van der Waals surface area contributed by atoms with E-state index in [9.17, 15) is 19.7 Å². The minimum atomic E-state index is -1.44. The molecule has 0 radical (unpaired) electrons. The van der Waals surface area contributed by atoms with Gasteiger partial charge in [0.1, 0.15) is 12.1 Å². The normalized spacial score (nSPS) is 18.5. The highest BCUT2D eigenvalue weighted by molar-refractivity contribution is 6.07. The van der Waals surface area contributed by atoms with Gasteiger partial charge in [-0.1, -0.05) is 47.1 Å². The van der Waals surface area contributed by atoms with Crippen molar-refractivity contribution in [1.82, 2.24) is 20.4 Å².